The summed E-state index contributed by atoms with van der Waals surface area (Å²) < 4.78 is 12.0. The van der Waals surface area contributed by atoms with Crippen molar-refractivity contribution in [3.63, 3.8) is 0 Å². The van der Waals surface area contributed by atoms with Gasteiger partial charge >= 0.3 is 27.6 Å². The van der Waals surface area contributed by atoms with E-state index in [1.165, 1.54) is 32.1 Å². The van der Waals surface area contributed by atoms with E-state index in [0.717, 1.165) is 27.6 Å². The molecule has 0 atom stereocenters. The van der Waals surface area contributed by atoms with Gasteiger partial charge in [0.25, 0.3) is 0 Å². The molecule has 1 saturated carbocycles. The van der Waals surface area contributed by atoms with Gasteiger partial charge in [0.05, 0.1) is 0 Å². The summed E-state index contributed by atoms with van der Waals surface area (Å²) in [4.78, 5) is 0. The predicted molar refractivity (Wildman–Crippen MR) is 135 cm³/mol. The molecule has 0 bridgehead atoms. The third-order valence-electron chi connectivity index (χ3n) is 5.02. The van der Waals surface area contributed by atoms with E-state index in [-0.39, 0.29) is 27.7 Å². The Balaban J connectivity index is 0.000000460. The minimum atomic E-state index is -1.42. The van der Waals surface area contributed by atoms with Gasteiger partial charge in [-0.25, -0.2) is 0 Å². The van der Waals surface area contributed by atoms with Gasteiger partial charge in [0.2, 0.25) is 0 Å². The SMILES string of the molecule is C1CCCC1.CC(C)P(C(C)C)C(C)C.O=[P+](c1ccccc1)c1ccccc1.[Os+]. The Morgan fingerprint density at radius 1 is 0.600 bits per heavy atom. The van der Waals surface area contributed by atoms with Crippen LogP contribution in [0.15, 0.2) is 60.7 Å². The van der Waals surface area contributed by atoms with Gasteiger partial charge in [-0.2, -0.15) is 0 Å². The van der Waals surface area contributed by atoms with Crippen molar-refractivity contribution in [1.29, 1.82) is 0 Å². The molecule has 0 aliphatic heterocycles. The first-order chi connectivity index (χ1) is 13.8. The summed E-state index contributed by atoms with van der Waals surface area (Å²) in [6, 6.07) is 19.1. The third-order valence-corrected chi connectivity index (χ3v) is 10.1. The van der Waals surface area contributed by atoms with E-state index in [1.54, 1.807) is 0 Å². The molecule has 1 aliphatic carbocycles. The van der Waals surface area contributed by atoms with Gasteiger partial charge in [0, 0.05) is 0 Å². The van der Waals surface area contributed by atoms with Crippen LogP contribution < -0.4 is 10.6 Å². The second-order valence-corrected chi connectivity index (χ2v) is 14.1. The zero-order valence-electron chi connectivity index (χ0n) is 19.7. The molecular weight excluding hydrogens is 580 g/mol. The fourth-order valence-electron chi connectivity index (χ4n) is 3.95. The van der Waals surface area contributed by atoms with Crippen LogP contribution in [0, 0.1) is 0 Å². The minimum absolute atomic E-state index is 0. The van der Waals surface area contributed by atoms with Crippen molar-refractivity contribution in [2.24, 2.45) is 0 Å². The Morgan fingerprint density at radius 3 is 1.07 bits per heavy atom. The maximum Gasteiger partial charge on any atom is 1.00 e. The summed E-state index contributed by atoms with van der Waals surface area (Å²) in [5.74, 6) is 0. The first-order valence-corrected chi connectivity index (χ1v) is 14.0. The Kier molecular flexibility index (Phi) is 17.0. The molecule has 0 unspecified atom stereocenters. The van der Waals surface area contributed by atoms with Crippen molar-refractivity contribution in [3.05, 3.63) is 60.7 Å². The normalized spacial score (nSPS) is 12.7. The molecule has 0 amide bonds. The first-order valence-electron chi connectivity index (χ1n) is 11.2. The van der Waals surface area contributed by atoms with Gasteiger partial charge in [-0.15, -0.1) is 0 Å². The Bertz CT molecular complexity index is 600. The number of rotatable bonds is 5. The van der Waals surface area contributed by atoms with Crippen molar-refractivity contribution in [2.45, 2.75) is 90.6 Å². The molecule has 2 aromatic rings. The van der Waals surface area contributed by atoms with Crippen LogP contribution in [-0.4, -0.2) is 17.0 Å². The van der Waals surface area contributed by atoms with Gasteiger partial charge in [-0.3, -0.25) is 0 Å². The first kappa shape index (κ1) is 29.6. The molecule has 1 aliphatic rings. The molecule has 1 nitrogen and oxygen atoms in total. The molecule has 0 aromatic heterocycles. The fraction of sp³-hybridized carbons (Fsp3) is 0.538. The molecule has 0 saturated heterocycles. The van der Waals surface area contributed by atoms with Crippen molar-refractivity contribution in [3.8, 4) is 0 Å². The second kappa shape index (κ2) is 17.2. The van der Waals surface area contributed by atoms with Crippen molar-refractivity contribution < 1.29 is 24.4 Å². The van der Waals surface area contributed by atoms with Crippen molar-refractivity contribution in [2.75, 3.05) is 0 Å². The molecule has 2 aromatic carbocycles. The van der Waals surface area contributed by atoms with E-state index in [2.05, 4.69) is 41.5 Å². The molecule has 167 valence electrons. The number of benzene rings is 2. The van der Waals surface area contributed by atoms with E-state index in [1.807, 2.05) is 60.7 Å². The van der Waals surface area contributed by atoms with Crippen LogP contribution in [0.2, 0.25) is 0 Å². The topological polar surface area (TPSA) is 17.1 Å². The van der Waals surface area contributed by atoms with Gasteiger partial charge in [0.1, 0.15) is 0 Å². The molecule has 3 rings (SSSR count). The molecule has 1 radical (unpaired) electrons. The Labute approximate surface area is 201 Å². The zero-order valence-corrected chi connectivity index (χ0v) is 24.0. The molecule has 0 heterocycles. The van der Waals surface area contributed by atoms with Crippen LogP contribution in [0.25, 0.3) is 0 Å². The van der Waals surface area contributed by atoms with Crippen LogP contribution in [0.3, 0.4) is 0 Å². The van der Waals surface area contributed by atoms with Crippen LogP contribution in [-0.2, 0) is 24.4 Å². The summed E-state index contributed by atoms with van der Waals surface area (Å²) in [6.45, 7) is 14.1. The maximum absolute atomic E-state index is 12.0. The van der Waals surface area contributed by atoms with E-state index in [0.29, 0.717) is 0 Å². The maximum atomic E-state index is 12.0. The molecule has 0 N–H and O–H groups in total. The van der Waals surface area contributed by atoms with Gasteiger partial charge in [0.15, 0.2) is 10.6 Å². The van der Waals surface area contributed by atoms with Gasteiger partial charge in [-0.1, -0.05) is 123 Å². The van der Waals surface area contributed by atoms with Crippen molar-refractivity contribution in [1.82, 2.24) is 0 Å². The average molecular weight is 622 g/mol. The third kappa shape index (κ3) is 11.9. The molecule has 30 heavy (non-hydrogen) atoms. The predicted octanol–water partition coefficient (Wildman–Crippen LogP) is 8.11. The number of hydrogen-bond acceptors (Lipinski definition) is 1. The van der Waals surface area contributed by atoms with E-state index >= 15 is 0 Å². The second-order valence-electron chi connectivity index (χ2n) is 8.46. The Hall–Kier alpha value is -0.394. The van der Waals surface area contributed by atoms with E-state index < -0.39 is 7.80 Å². The molecule has 4 heteroatoms. The fourth-order valence-corrected chi connectivity index (χ4v) is 8.71. The summed E-state index contributed by atoms with van der Waals surface area (Å²) >= 11 is 0. The largest absolute Gasteiger partial charge is 1.00 e. The van der Waals surface area contributed by atoms with Crippen LogP contribution in [0.5, 0.6) is 0 Å². The zero-order chi connectivity index (χ0) is 21.6. The van der Waals surface area contributed by atoms with Gasteiger partial charge in [-0.05, 0) is 41.2 Å². The summed E-state index contributed by atoms with van der Waals surface area (Å²) in [7, 11) is -1.16. The quantitative estimate of drug-likeness (QED) is 0.309. The number of hydrogen-bond donors (Lipinski definition) is 0. The molecular formula is C26H41OOsP2+2. The van der Waals surface area contributed by atoms with E-state index in [4.69, 9.17) is 0 Å². The van der Waals surface area contributed by atoms with Crippen LogP contribution >= 0.6 is 15.7 Å². The Morgan fingerprint density at radius 2 is 0.867 bits per heavy atom. The monoisotopic (exact) mass is 623 g/mol. The van der Waals surface area contributed by atoms with Crippen LogP contribution in [0.4, 0.5) is 0 Å². The average Bonchev–Trinajstić information content (AvgIpc) is 3.28. The van der Waals surface area contributed by atoms with Crippen LogP contribution in [0.1, 0.15) is 73.6 Å². The standard InChI is InChI=1S/C12H10OP.C9H21P.C5H10.Os/c13-14(11-7-3-1-4-8-11)12-9-5-2-6-10-12;1-7(2)10(8(3)4)9(5)6;1-2-4-5-3-1;/h1-10H;7-9H,1-6H3;1-5H2;/q+1;;;+1. The van der Waals surface area contributed by atoms with Gasteiger partial charge < -0.3 is 0 Å². The summed E-state index contributed by atoms with van der Waals surface area (Å²) in [6.07, 6.45) is 7.50. The summed E-state index contributed by atoms with van der Waals surface area (Å²) in [5, 5.41) is 1.77. The smallest absolute Gasteiger partial charge is 0.0988 e. The molecule has 0 spiro atoms. The van der Waals surface area contributed by atoms with E-state index in [9.17, 15) is 4.57 Å². The molecule has 1 fully saturated rings. The summed E-state index contributed by atoms with van der Waals surface area (Å²) in [5.41, 5.74) is 2.69. The minimum Gasteiger partial charge on any atom is -0.0988 e. The van der Waals surface area contributed by atoms with Crippen molar-refractivity contribution >= 4 is 26.3 Å².